The fourth-order valence-corrected chi connectivity index (χ4v) is 8.02. The molecule has 0 unspecified atom stereocenters. The number of piperidine rings is 2. The number of likely N-dealkylation sites (tertiary alicyclic amines) is 1. The summed E-state index contributed by atoms with van der Waals surface area (Å²) in [6.07, 6.45) is 12.4. The average Bonchev–Trinajstić information content (AvgIpc) is 3.11. The van der Waals surface area contributed by atoms with Crippen molar-refractivity contribution < 1.29 is 0 Å². The lowest BCUT2D eigenvalue weighted by Crippen LogP contribution is -2.30. The molecule has 1 aliphatic carbocycles. The van der Waals surface area contributed by atoms with Crippen molar-refractivity contribution in [1.29, 1.82) is 5.26 Å². The Balaban J connectivity index is 1.46. The Labute approximate surface area is 261 Å². The van der Waals surface area contributed by atoms with E-state index in [1.165, 1.54) is 118 Å². The molecule has 0 radical (unpaired) electrons. The first kappa shape index (κ1) is 27.0. The number of hydrogen-bond acceptors (Lipinski definition) is 3. The summed E-state index contributed by atoms with van der Waals surface area (Å²) in [6, 6.07) is 33.5. The van der Waals surface area contributed by atoms with Crippen LogP contribution in [0.15, 0.2) is 90.6 Å². The van der Waals surface area contributed by atoms with Crippen LogP contribution in [0.25, 0.3) is 49.9 Å². The molecule has 5 aromatic rings. The van der Waals surface area contributed by atoms with Gasteiger partial charge in [-0.25, -0.2) is 0 Å². The molecule has 0 aromatic heterocycles. The lowest BCUT2D eigenvalue weighted by molar-refractivity contribution is 0.278. The minimum absolute atomic E-state index is 0.709. The quantitative estimate of drug-likeness (QED) is 0.214. The Kier molecular flexibility index (Phi) is 7.07. The van der Waals surface area contributed by atoms with E-state index in [-0.39, 0.29) is 0 Å². The van der Waals surface area contributed by atoms with Gasteiger partial charge in [-0.15, -0.1) is 0 Å². The lowest BCUT2D eigenvalue weighted by Gasteiger charge is -2.35. The third-order valence-electron chi connectivity index (χ3n) is 10.2. The van der Waals surface area contributed by atoms with Crippen LogP contribution < -0.4 is 4.90 Å². The number of nitrogens with zero attached hydrogens (tertiary/aromatic N) is 3. The van der Waals surface area contributed by atoms with Crippen LogP contribution in [0.4, 0.5) is 5.69 Å². The molecule has 0 spiro atoms. The molecule has 0 saturated carbocycles. The Bertz CT molecular complexity index is 1920. The van der Waals surface area contributed by atoms with E-state index in [0.717, 1.165) is 25.9 Å². The molecule has 5 aromatic carbocycles. The maximum atomic E-state index is 9.58. The molecular weight excluding hydrogens is 534 g/mol. The van der Waals surface area contributed by atoms with Crippen molar-refractivity contribution in [3.8, 4) is 28.3 Å². The number of anilines is 1. The van der Waals surface area contributed by atoms with Gasteiger partial charge in [0.1, 0.15) is 0 Å². The lowest BCUT2D eigenvalue weighted by atomic mass is 9.78. The molecule has 0 atom stereocenters. The van der Waals surface area contributed by atoms with Gasteiger partial charge in [-0.05, 0) is 137 Å². The third-order valence-corrected chi connectivity index (χ3v) is 10.2. The van der Waals surface area contributed by atoms with Gasteiger partial charge in [0, 0.05) is 37.6 Å². The summed E-state index contributed by atoms with van der Waals surface area (Å²) < 4.78 is 0. The second-order valence-corrected chi connectivity index (χ2v) is 12.8. The van der Waals surface area contributed by atoms with Crippen LogP contribution in [-0.4, -0.2) is 31.1 Å². The highest BCUT2D eigenvalue weighted by Gasteiger charge is 2.27. The van der Waals surface area contributed by atoms with E-state index in [0.29, 0.717) is 5.56 Å². The van der Waals surface area contributed by atoms with E-state index in [2.05, 4.69) is 94.7 Å². The van der Waals surface area contributed by atoms with Crippen molar-refractivity contribution in [1.82, 2.24) is 4.90 Å². The fraction of sp³-hybridized carbons (Fsp3) is 0.293. The van der Waals surface area contributed by atoms with E-state index >= 15 is 0 Å². The third kappa shape index (κ3) is 4.74. The van der Waals surface area contributed by atoms with Crippen LogP contribution in [0.1, 0.15) is 61.6 Å². The van der Waals surface area contributed by atoms with Crippen LogP contribution >= 0.6 is 0 Å². The highest BCUT2D eigenvalue weighted by atomic mass is 15.1. The summed E-state index contributed by atoms with van der Waals surface area (Å²) in [4.78, 5) is 5.24. The fourth-order valence-electron chi connectivity index (χ4n) is 8.02. The van der Waals surface area contributed by atoms with Crippen LogP contribution in [-0.2, 0) is 6.42 Å². The highest BCUT2D eigenvalue weighted by molar-refractivity contribution is 6.14. The molecule has 2 heterocycles. The number of rotatable bonds is 4. The monoisotopic (exact) mass is 573 g/mol. The van der Waals surface area contributed by atoms with Crippen molar-refractivity contribution in [2.75, 3.05) is 31.1 Å². The average molecular weight is 574 g/mol. The summed E-state index contributed by atoms with van der Waals surface area (Å²) in [5, 5.41) is 14.8. The van der Waals surface area contributed by atoms with Gasteiger partial charge in [0.25, 0.3) is 0 Å². The van der Waals surface area contributed by atoms with E-state index in [9.17, 15) is 5.26 Å². The molecule has 3 nitrogen and oxygen atoms in total. The first-order valence-corrected chi connectivity index (χ1v) is 16.6. The summed E-state index contributed by atoms with van der Waals surface area (Å²) in [7, 11) is 0. The van der Waals surface area contributed by atoms with Gasteiger partial charge in [-0.1, -0.05) is 60.7 Å². The van der Waals surface area contributed by atoms with Gasteiger partial charge in [-0.2, -0.15) is 5.26 Å². The van der Waals surface area contributed by atoms with Crippen molar-refractivity contribution in [2.24, 2.45) is 0 Å². The van der Waals surface area contributed by atoms with Crippen LogP contribution in [0, 0.1) is 11.3 Å². The van der Waals surface area contributed by atoms with Crippen molar-refractivity contribution in [2.45, 2.75) is 51.4 Å². The van der Waals surface area contributed by atoms with Gasteiger partial charge in [-0.3, -0.25) is 0 Å². The van der Waals surface area contributed by atoms with E-state index in [1.807, 2.05) is 12.1 Å². The summed E-state index contributed by atoms with van der Waals surface area (Å²) in [5.74, 6) is 0. The zero-order valence-corrected chi connectivity index (χ0v) is 25.5. The van der Waals surface area contributed by atoms with Crippen molar-refractivity contribution in [3.05, 3.63) is 107 Å². The van der Waals surface area contributed by atoms with E-state index in [1.54, 1.807) is 0 Å². The molecule has 3 heteroatoms. The predicted octanol–water partition coefficient (Wildman–Crippen LogP) is 9.96. The zero-order valence-electron chi connectivity index (χ0n) is 25.5. The van der Waals surface area contributed by atoms with Gasteiger partial charge < -0.3 is 9.80 Å². The Hall–Kier alpha value is -4.55. The highest BCUT2D eigenvalue weighted by Crippen LogP contribution is 2.48. The minimum atomic E-state index is 0.709. The molecule has 0 amide bonds. The molecule has 3 aliphatic rings. The molecule has 0 N–H and O–H groups in total. The second kappa shape index (κ2) is 11.5. The van der Waals surface area contributed by atoms with Gasteiger partial charge in [0.05, 0.1) is 11.6 Å². The maximum Gasteiger partial charge on any atom is 0.0991 e. The number of nitriles is 1. The van der Waals surface area contributed by atoms with Gasteiger partial charge >= 0.3 is 0 Å². The second-order valence-electron chi connectivity index (χ2n) is 12.8. The molecule has 8 rings (SSSR count). The number of benzene rings is 5. The summed E-state index contributed by atoms with van der Waals surface area (Å²) in [6.45, 7) is 4.58. The topological polar surface area (TPSA) is 30.3 Å². The first-order valence-electron chi connectivity index (χ1n) is 16.6. The largest absolute Gasteiger partial charge is 0.375 e. The normalized spacial score (nSPS) is 16.9. The summed E-state index contributed by atoms with van der Waals surface area (Å²) in [5.41, 5.74) is 11.6. The molecule has 2 fully saturated rings. The number of hydrogen-bond donors (Lipinski definition) is 0. The van der Waals surface area contributed by atoms with E-state index < -0.39 is 0 Å². The van der Waals surface area contributed by atoms with E-state index in [4.69, 9.17) is 0 Å². The van der Waals surface area contributed by atoms with Crippen molar-refractivity contribution >= 4 is 33.3 Å². The Morgan fingerprint density at radius 3 is 2.09 bits per heavy atom. The zero-order chi connectivity index (χ0) is 29.5. The molecule has 44 heavy (non-hydrogen) atoms. The Morgan fingerprint density at radius 1 is 0.591 bits per heavy atom. The molecule has 218 valence electrons. The van der Waals surface area contributed by atoms with Gasteiger partial charge in [0.15, 0.2) is 0 Å². The number of allylic oxidation sites excluding steroid dienone is 1. The first-order chi connectivity index (χ1) is 21.8. The molecule has 0 bridgehead atoms. The maximum absolute atomic E-state index is 9.58. The summed E-state index contributed by atoms with van der Waals surface area (Å²) >= 11 is 0. The Morgan fingerprint density at radius 2 is 1.32 bits per heavy atom. The predicted molar refractivity (Wildman–Crippen MR) is 185 cm³/mol. The van der Waals surface area contributed by atoms with Crippen molar-refractivity contribution in [3.63, 3.8) is 0 Å². The molecule has 2 saturated heterocycles. The SMILES string of the molecule is N#Cc1ccc(-c2c3c(c(-c4cccc5ccccc45)c4ccc(N5CCCCC5)cc24)C=C(N2CCCCC2)CC3)cc1. The van der Waals surface area contributed by atoms with Crippen LogP contribution in [0.2, 0.25) is 0 Å². The van der Waals surface area contributed by atoms with Crippen LogP contribution in [0.5, 0.6) is 0 Å². The number of fused-ring (bicyclic) bond motifs is 3. The standard InChI is InChI=1S/C41H39N3/c42-28-29-14-16-31(17-15-29)40-36-20-18-33(44-24-7-2-8-25-44)27-39(36)41(35-13-9-11-30-10-3-4-12-34(30)35)37-21-19-32(26-38(37)40)43-22-5-1-6-23-43/h3-4,9-17,19,21,26-27H,1-2,5-8,18,20,22-25H2. The van der Waals surface area contributed by atoms with Gasteiger partial charge in [0.2, 0.25) is 0 Å². The molecular formula is C41H39N3. The molecule has 2 aliphatic heterocycles. The minimum Gasteiger partial charge on any atom is -0.375 e. The smallest absolute Gasteiger partial charge is 0.0991 e. The van der Waals surface area contributed by atoms with Crippen LogP contribution in [0.3, 0.4) is 0 Å².